The van der Waals surface area contributed by atoms with E-state index < -0.39 is 5.97 Å². The molecule has 6 nitrogen and oxygen atoms in total. The van der Waals surface area contributed by atoms with Crippen LogP contribution in [0.5, 0.6) is 0 Å². The SMILES string of the molecule is NCc1ccc(C(=O)OCOC(=O)C2CCC(CN)CC2)cc1. The summed E-state index contributed by atoms with van der Waals surface area (Å²) >= 11 is 0. The van der Waals surface area contributed by atoms with E-state index in [2.05, 4.69) is 0 Å². The second-order valence-electron chi connectivity index (χ2n) is 5.87. The van der Waals surface area contributed by atoms with Crippen molar-refractivity contribution in [1.29, 1.82) is 0 Å². The first kappa shape index (κ1) is 17.4. The molecule has 0 radical (unpaired) electrons. The lowest BCUT2D eigenvalue weighted by Crippen LogP contribution is -2.27. The summed E-state index contributed by atoms with van der Waals surface area (Å²) in [5.41, 5.74) is 12.5. The van der Waals surface area contributed by atoms with E-state index in [4.69, 9.17) is 20.9 Å². The van der Waals surface area contributed by atoms with E-state index in [-0.39, 0.29) is 18.7 Å². The van der Waals surface area contributed by atoms with Crippen LogP contribution in [0.4, 0.5) is 0 Å². The van der Waals surface area contributed by atoms with Gasteiger partial charge in [0.1, 0.15) is 0 Å². The minimum atomic E-state index is -0.520. The molecular weight excluding hydrogens is 296 g/mol. The number of rotatable bonds is 6. The van der Waals surface area contributed by atoms with Gasteiger partial charge in [-0.25, -0.2) is 4.79 Å². The smallest absolute Gasteiger partial charge is 0.340 e. The first-order chi connectivity index (χ1) is 11.1. The van der Waals surface area contributed by atoms with Gasteiger partial charge < -0.3 is 20.9 Å². The highest BCUT2D eigenvalue weighted by molar-refractivity contribution is 5.89. The lowest BCUT2D eigenvalue weighted by atomic mass is 9.82. The standard InChI is InChI=1S/C17H24N2O4/c18-9-12-1-5-14(6-2-12)16(20)22-11-23-17(21)15-7-3-13(10-19)4-8-15/h1-2,5-6,13,15H,3-4,7-11,18-19H2. The Morgan fingerprint density at radius 3 is 2.22 bits per heavy atom. The molecule has 1 aromatic rings. The topological polar surface area (TPSA) is 105 Å². The second kappa shape index (κ2) is 8.64. The Morgan fingerprint density at radius 1 is 1.00 bits per heavy atom. The van der Waals surface area contributed by atoms with Crippen molar-refractivity contribution in [2.45, 2.75) is 32.2 Å². The van der Waals surface area contributed by atoms with Gasteiger partial charge in [0.25, 0.3) is 0 Å². The Kier molecular flexibility index (Phi) is 6.55. The van der Waals surface area contributed by atoms with Gasteiger partial charge in [-0.05, 0) is 55.8 Å². The minimum absolute atomic E-state index is 0.111. The largest absolute Gasteiger partial charge is 0.428 e. The van der Waals surface area contributed by atoms with E-state index in [1.165, 1.54) is 0 Å². The average Bonchev–Trinajstić information content (AvgIpc) is 2.61. The molecule has 0 unspecified atom stereocenters. The zero-order valence-corrected chi connectivity index (χ0v) is 13.2. The molecular formula is C17H24N2O4. The predicted molar refractivity (Wildman–Crippen MR) is 85.2 cm³/mol. The molecule has 4 N–H and O–H groups in total. The highest BCUT2D eigenvalue weighted by Gasteiger charge is 2.26. The molecule has 2 rings (SSSR count). The lowest BCUT2D eigenvalue weighted by molar-refractivity contribution is -0.158. The molecule has 0 heterocycles. The van der Waals surface area contributed by atoms with Crippen LogP contribution in [0.2, 0.25) is 0 Å². The van der Waals surface area contributed by atoms with Gasteiger partial charge in [0.15, 0.2) is 0 Å². The Morgan fingerprint density at radius 2 is 1.65 bits per heavy atom. The number of hydrogen-bond acceptors (Lipinski definition) is 6. The first-order valence-corrected chi connectivity index (χ1v) is 7.97. The van der Waals surface area contributed by atoms with Crippen LogP contribution in [0.1, 0.15) is 41.6 Å². The monoisotopic (exact) mass is 320 g/mol. The third kappa shape index (κ3) is 5.04. The molecule has 23 heavy (non-hydrogen) atoms. The number of carbonyl (C=O) groups is 2. The predicted octanol–water partition coefficient (Wildman–Crippen LogP) is 1.57. The summed E-state index contributed by atoms with van der Waals surface area (Å²) in [7, 11) is 0. The van der Waals surface area contributed by atoms with E-state index in [0.29, 0.717) is 24.6 Å². The first-order valence-electron chi connectivity index (χ1n) is 7.97. The molecule has 0 aromatic heterocycles. The normalized spacial score (nSPS) is 20.8. The van der Waals surface area contributed by atoms with Crippen molar-refractivity contribution in [2.75, 3.05) is 13.3 Å². The average molecular weight is 320 g/mol. The van der Waals surface area contributed by atoms with Gasteiger partial charge in [-0.15, -0.1) is 0 Å². The van der Waals surface area contributed by atoms with Gasteiger partial charge in [-0.2, -0.15) is 0 Å². The molecule has 0 atom stereocenters. The summed E-state index contributed by atoms with van der Waals surface area (Å²) in [6.45, 7) is 0.731. The van der Waals surface area contributed by atoms with Gasteiger partial charge in [0, 0.05) is 6.54 Å². The number of hydrogen-bond donors (Lipinski definition) is 2. The zero-order chi connectivity index (χ0) is 16.7. The molecule has 1 aliphatic rings. The molecule has 1 aliphatic carbocycles. The van der Waals surface area contributed by atoms with E-state index in [0.717, 1.165) is 31.2 Å². The van der Waals surface area contributed by atoms with Crippen molar-refractivity contribution < 1.29 is 19.1 Å². The molecule has 0 amide bonds. The summed E-state index contributed by atoms with van der Waals surface area (Å²) in [4.78, 5) is 23.8. The molecule has 1 saturated carbocycles. The van der Waals surface area contributed by atoms with Crippen molar-refractivity contribution in [3.63, 3.8) is 0 Å². The van der Waals surface area contributed by atoms with Crippen LogP contribution in [0, 0.1) is 11.8 Å². The third-order valence-corrected chi connectivity index (χ3v) is 4.33. The number of benzene rings is 1. The summed E-state index contributed by atoms with van der Waals surface area (Å²) in [5, 5.41) is 0. The fourth-order valence-electron chi connectivity index (χ4n) is 2.75. The van der Waals surface area contributed by atoms with Gasteiger partial charge in [0.05, 0.1) is 11.5 Å². The van der Waals surface area contributed by atoms with Gasteiger partial charge >= 0.3 is 11.9 Å². The van der Waals surface area contributed by atoms with Crippen LogP contribution >= 0.6 is 0 Å². The van der Waals surface area contributed by atoms with E-state index in [1.807, 2.05) is 0 Å². The molecule has 0 aliphatic heterocycles. The Balaban J connectivity index is 1.71. The summed E-state index contributed by atoms with van der Waals surface area (Å²) in [6.07, 6.45) is 3.47. The Bertz CT molecular complexity index is 522. The van der Waals surface area contributed by atoms with Crippen LogP contribution in [0.3, 0.4) is 0 Å². The van der Waals surface area contributed by atoms with Crippen LogP contribution in [-0.2, 0) is 20.8 Å². The summed E-state index contributed by atoms with van der Waals surface area (Å²) < 4.78 is 10.0. The molecule has 0 spiro atoms. The maximum Gasteiger partial charge on any atom is 0.340 e. The van der Waals surface area contributed by atoms with Gasteiger partial charge in [0.2, 0.25) is 6.79 Å². The van der Waals surface area contributed by atoms with Crippen molar-refractivity contribution >= 4 is 11.9 Å². The number of esters is 2. The number of nitrogens with two attached hydrogens (primary N) is 2. The molecule has 126 valence electrons. The lowest BCUT2D eigenvalue weighted by Gasteiger charge is -2.25. The Hall–Kier alpha value is -1.92. The fraction of sp³-hybridized carbons (Fsp3) is 0.529. The molecule has 0 saturated heterocycles. The molecule has 0 bridgehead atoms. The van der Waals surface area contributed by atoms with Crippen LogP contribution < -0.4 is 11.5 Å². The summed E-state index contributed by atoms with van der Waals surface area (Å²) in [5.74, 6) is -0.423. The zero-order valence-electron chi connectivity index (χ0n) is 13.2. The minimum Gasteiger partial charge on any atom is -0.428 e. The number of carbonyl (C=O) groups excluding carboxylic acids is 2. The summed E-state index contributed by atoms with van der Waals surface area (Å²) in [6, 6.07) is 6.80. The highest BCUT2D eigenvalue weighted by atomic mass is 16.7. The van der Waals surface area contributed by atoms with E-state index in [1.54, 1.807) is 24.3 Å². The highest BCUT2D eigenvalue weighted by Crippen LogP contribution is 2.28. The van der Waals surface area contributed by atoms with Crippen LogP contribution in [-0.4, -0.2) is 25.3 Å². The van der Waals surface area contributed by atoms with Crippen molar-refractivity contribution in [2.24, 2.45) is 23.3 Å². The maximum absolute atomic E-state index is 11.9. The van der Waals surface area contributed by atoms with E-state index in [9.17, 15) is 9.59 Å². The van der Waals surface area contributed by atoms with Crippen LogP contribution in [0.25, 0.3) is 0 Å². The van der Waals surface area contributed by atoms with Crippen molar-refractivity contribution in [3.8, 4) is 0 Å². The quantitative estimate of drug-likeness (QED) is 0.609. The van der Waals surface area contributed by atoms with Gasteiger partial charge in [-0.3, -0.25) is 4.79 Å². The Labute approximate surface area is 136 Å². The maximum atomic E-state index is 11.9. The molecule has 6 heteroatoms. The second-order valence-corrected chi connectivity index (χ2v) is 5.87. The van der Waals surface area contributed by atoms with Crippen LogP contribution in [0.15, 0.2) is 24.3 Å². The fourth-order valence-corrected chi connectivity index (χ4v) is 2.75. The van der Waals surface area contributed by atoms with E-state index >= 15 is 0 Å². The van der Waals surface area contributed by atoms with Gasteiger partial charge in [-0.1, -0.05) is 12.1 Å². The number of ether oxygens (including phenoxy) is 2. The molecule has 1 aromatic carbocycles. The third-order valence-electron chi connectivity index (χ3n) is 4.33. The van der Waals surface area contributed by atoms with Crippen molar-refractivity contribution in [1.82, 2.24) is 0 Å². The molecule has 1 fully saturated rings. The van der Waals surface area contributed by atoms with Crippen molar-refractivity contribution in [3.05, 3.63) is 35.4 Å².